The van der Waals surface area contributed by atoms with Gasteiger partial charge in [0.1, 0.15) is 11.6 Å². The van der Waals surface area contributed by atoms with Crippen LogP contribution in [0.4, 0.5) is 10.2 Å². The van der Waals surface area contributed by atoms with Gasteiger partial charge in [-0.15, -0.1) is 0 Å². The van der Waals surface area contributed by atoms with Crippen LogP contribution < -0.4 is 10.9 Å². The van der Waals surface area contributed by atoms with E-state index >= 15 is 0 Å². The fourth-order valence-electron chi connectivity index (χ4n) is 3.81. The third kappa shape index (κ3) is 2.21. The lowest BCUT2D eigenvalue weighted by atomic mass is 9.69. The lowest BCUT2D eigenvalue weighted by Gasteiger charge is -2.37. The van der Waals surface area contributed by atoms with Crippen molar-refractivity contribution in [2.75, 3.05) is 5.32 Å². The molecule has 2 heterocycles. The summed E-state index contributed by atoms with van der Waals surface area (Å²) in [4.78, 5) is 25.1. The number of carbonyl (C=O) groups excluding carboxylic acids is 1. The molecule has 6 heteroatoms. The number of rotatable bonds is 1. The number of hydrogen-bond acceptors (Lipinski definition) is 3. The molecule has 1 atom stereocenters. The van der Waals surface area contributed by atoms with Crippen LogP contribution in [-0.4, -0.2) is 16.0 Å². The Labute approximate surface area is 138 Å². The average molecular weight is 327 g/mol. The lowest BCUT2D eigenvalue weighted by Crippen LogP contribution is -2.34. The maximum atomic E-state index is 13.3. The Hall–Kier alpha value is -2.63. The van der Waals surface area contributed by atoms with Crippen LogP contribution in [0, 0.1) is 11.2 Å². The van der Waals surface area contributed by atoms with E-state index in [2.05, 4.69) is 29.4 Å². The zero-order chi connectivity index (χ0) is 17.1. The van der Waals surface area contributed by atoms with E-state index in [1.807, 2.05) is 0 Å². The predicted molar refractivity (Wildman–Crippen MR) is 88.3 cm³/mol. The van der Waals surface area contributed by atoms with Gasteiger partial charge in [0.05, 0.1) is 5.56 Å². The number of aromatic nitrogens is 2. The standard InChI is InChI=1S/C18H18FN3O2/c1-18(2)7-11-14(12(23)8-18)13(9-3-5-10(19)6-4-9)15-16(20-11)21-22-17(15)24/h3-6,13H,7-8H2,1-2H3,(H3,20,21,22,24). The fraction of sp³-hybridized carbons (Fsp3) is 0.333. The monoisotopic (exact) mass is 327 g/mol. The highest BCUT2D eigenvalue weighted by molar-refractivity contribution is 6.01. The molecule has 5 nitrogen and oxygen atoms in total. The summed E-state index contributed by atoms with van der Waals surface area (Å²) in [5.41, 5.74) is 2.28. The van der Waals surface area contributed by atoms with Crippen molar-refractivity contribution in [2.24, 2.45) is 5.41 Å². The Balaban J connectivity index is 1.94. The van der Waals surface area contributed by atoms with Crippen molar-refractivity contribution < 1.29 is 9.18 Å². The van der Waals surface area contributed by atoms with Crippen LogP contribution in [0.2, 0.25) is 0 Å². The molecule has 0 saturated heterocycles. The van der Waals surface area contributed by atoms with Gasteiger partial charge in [0.15, 0.2) is 5.78 Å². The number of benzene rings is 1. The second kappa shape index (κ2) is 4.93. The number of carbonyl (C=O) groups is 1. The Morgan fingerprint density at radius 1 is 1.08 bits per heavy atom. The topological polar surface area (TPSA) is 77.8 Å². The molecule has 1 aliphatic carbocycles. The number of aromatic amines is 2. The molecular weight excluding hydrogens is 309 g/mol. The predicted octanol–water partition coefficient (Wildman–Crippen LogP) is 3.04. The summed E-state index contributed by atoms with van der Waals surface area (Å²) in [6, 6.07) is 5.99. The van der Waals surface area contributed by atoms with Crippen molar-refractivity contribution in [2.45, 2.75) is 32.6 Å². The minimum atomic E-state index is -0.476. The second-order valence-corrected chi connectivity index (χ2v) is 7.31. The van der Waals surface area contributed by atoms with Gasteiger partial charge in [-0.1, -0.05) is 26.0 Å². The number of hydrogen-bond donors (Lipinski definition) is 3. The Bertz CT molecular complexity index is 918. The number of halogens is 1. The van der Waals surface area contributed by atoms with E-state index in [1.54, 1.807) is 12.1 Å². The quantitative estimate of drug-likeness (QED) is 0.753. The van der Waals surface area contributed by atoms with Gasteiger partial charge in [0.2, 0.25) is 0 Å². The largest absolute Gasteiger partial charge is 0.343 e. The summed E-state index contributed by atoms with van der Waals surface area (Å²) < 4.78 is 13.3. The molecule has 0 bridgehead atoms. The van der Waals surface area contributed by atoms with Gasteiger partial charge in [-0.05, 0) is 29.5 Å². The molecule has 1 aliphatic heterocycles. The van der Waals surface area contributed by atoms with Crippen molar-refractivity contribution in [3.8, 4) is 0 Å². The fourth-order valence-corrected chi connectivity index (χ4v) is 3.81. The maximum absolute atomic E-state index is 13.3. The average Bonchev–Trinajstić information content (AvgIpc) is 2.86. The summed E-state index contributed by atoms with van der Waals surface area (Å²) >= 11 is 0. The van der Waals surface area contributed by atoms with E-state index in [4.69, 9.17) is 0 Å². The molecule has 0 saturated carbocycles. The van der Waals surface area contributed by atoms with Gasteiger partial charge < -0.3 is 5.32 Å². The zero-order valence-electron chi connectivity index (χ0n) is 13.5. The molecular formula is C18H18FN3O2. The van der Waals surface area contributed by atoms with Crippen molar-refractivity contribution >= 4 is 11.6 Å². The van der Waals surface area contributed by atoms with Crippen LogP contribution in [0.15, 0.2) is 40.3 Å². The van der Waals surface area contributed by atoms with Gasteiger partial charge in [-0.3, -0.25) is 19.8 Å². The van der Waals surface area contributed by atoms with Crippen LogP contribution in [0.5, 0.6) is 0 Å². The van der Waals surface area contributed by atoms with Crippen LogP contribution >= 0.6 is 0 Å². The minimum Gasteiger partial charge on any atom is -0.343 e. The van der Waals surface area contributed by atoms with Crippen molar-refractivity contribution in [3.63, 3.8) is 0 Å². The van der Waals surface area contributed by atoms with E-state index in [0.717, 1.165) is 17.7 Å². The Kier molecular flexibility index (Phi) is 3.07. The first-order valence-corrected chi connectivity index (χ1v) is 7.95. The van der Waals surface area contributed by atoms with Gasteiger partial charge >= 0.3 is 0 Å². The van der Waals surface area contributed by atoms with Crippen LogP contribution in [-0.2, 0) is 4.79 Å². The SMILES string of the molecule is CC1(C)CC(=O)C2=C(C1)Nc1[nH][nH]c(=O)c1C2c1ccc(F)cc1. The maximum Gasteiger partial charge on any atom is 0.270 e. The third-order valence-corrected chi connectivity index (χ3v) is 4.79. The molecule has 0 amide bonds. The van der Waals surface area contributed by atoms with Gasteiger partial charge in [-0.25, -0.2) is 4.39 Å². The highest BCUT2D eigenvalue weighted by atomic mass is 19.1. The highest BCUT2D eigenvalue weighted by Gasteiger charge is 2.42. The zero-order valence-corrected chi connectivity index (χ0v) is 13.5. The first kappa shape index (κ1) is 14.9. The third-order valence-electron chi connectivity index (χ3n) is 4.79. The summed E-state index contributed by atoms with van der Waals surface area (Å²) in [5, 5.41) is 8.64. The number of Topliss-reactive ketones (excluding diaryl/α,β-unsaturated/α-hetero) is 1. The molecule has 124 valence electrons. The molecule has 2 aromatic rings. The summed E-state index contributed by atoms with van der Waals surface area (Å²) in [6.45, 7) is 4.11. The molecule has 4 rings (SSSR count). The smallest absolute Gasteiger partial charge is 0.270 e. The van der Waals surface area contributed by atoms with Gasteiger partial charge in [0, 0.05) is 23.6 Å². The van der Waals surface area contributed by atoms with E-state index < -0.39 is 5.92 Å². The van der Waals surface area contributed by atoms with E-state index in [9.17, 15) is 14.0 Å². The lowest BCUT2D eigenvalue weighted by molar-refractivity contribution is -0.118. The molecule has 3 N–H and O–H groups in total. The number of nitrogens with one attached hydrogen (secondary N) is 3. The minimum absolute atomic E-state index is 0.0364. The summed E-state index contributed by atoms with van der Waals surface area (Å²) in [6.07, 6.45) is 1.15. The molecule has 1 aromatic heterocycles. The van der Waals surface area contributed by atoms with Crippen LogP contribution in [0.1, 0.15) is 43.7 Å². The van der Waals surface area contributed by atoms with Gasteiger partial charge in [0.25, 0.3) is 5.56 Å². The molecule has 2 aliphatic rings. The number of H-pyrrole nitrogens is 2. The molecule has 1 aromatic carbocycles. The van der Waals surface area contributed by atoms with Gasteiger partial charge in [-0.2, -0.15) is 0 Å². The first-order chi connectivity index (χ1) is 11.4. The molecule has 24 heavy (non-hydrogen) atoms. The highest BCUT2D eigenvalue weighted by Crippen LogP contribution is 2.47. The second-order valence-electron chi connectivity index (χ2n) is 7.31. The molecule has 0 spiro atoms. The first-order valence-electron chi connectivity index (χ1n) is 7.95. The van der Waals surface area contributed by atoms with E-state index in [-0.39, 0.29) is 22.6 Å². The van der Waals surface area contributed by atoms with Crippen molar-refractivity contribution in [3.05, 3.63) is 62.8 Å². The van der Waals surface area contributed by atoms with Crippen LogP contribution in [0.3, 0.4) is 0 Å². The molecule has 0 radical (unpaired) electrons. The van der Waals surface area contributed by atoms with Crippen molar-refractivity contribution in [1.29, 1.82) is 0 Å². The summed E-state index contributed by atoms with van der Waals surface area (Å²) in [7, 11) is 0. The van der Waals surface area contributed by atoms with Crippen molar-refractivity contribution in [1.82, 2.24) is 10.2 Å². The number of fused-ring (bicyclic) bond motifs is 1. The molecule has 0 fully saturated rings. The number of allylic oxidation sites excluding steroid dienone is 2. The Morgan fingerprint density at radius 3 is 2.50 bits per heavy atom. The van der Waals surface area contributed by atoms with Crippen LogP contribution in [0.25, 0.3) is 0 Å². The summed E-state index contributed by atoms with van der Waals surface area (Å²) in [5.74, 6) is -0.204. The van der Waals surface area contributed by atoms with E-state index in [1.165, 1.54) is 12.1 Å². The number of anilines is 1. The Morgan fingerprint density at radius 2 is 1.79 bits per heavy atom. The molecule has 1 unspecified atom stereocenters. The number of ketones is 1. The van der Waals surface area contributed by atoms with E-state index in [0.29, 0.717) is 23.4 Å². The normalized spacial score (nSPS) is 22.0.